The zero-order chi connectivity index (χ0) is 16.4. The number of hydrogen-bond donors (Lipinski definition) is 2. The van der Waals surface area contributed by atoms with Gasteiger partial charge in [-0.3, -0.25) is 4.79 Å². The third kappa shape index (κ3) is 3.15. The second kappa shape index (κ2) is 6.19. The van der Waals surface area contributed by atoms with Crippen LogP contribution in [0.4, 0.5) is 5.69 Å². The first-order chi connectivity index (χ1) is 11.8. The highest BCUT2D eigenvalue weighted by Gasteiger charge is 2.24. The van der Waals surface area contributed by atoms with Crippen LogP contribution >= 0.6 is 0 Å². The summed E-state index contributed by atoms with van der Waals surface area (Å²) in [4.78, 5) is 16.5. The predicted molar refractivity (Wildman–Crippen MR) is 86.3 cm³/mol. The van der Waals surface area contributed by atoms with Crippen molar-refractivity contribution in [3.05, 3.63) is 54.1 Å². The van der Waals surface area contributed by atoms with E-state index in [1.165, 1.54) is 0 Å². The molecule has 1 amide bonds. The van der Waals surface area contributed by atoms with Crippen LogP contribution in [0.5, 0.6) is 0 Å². The van der Waals surface area contributed by atoms with Crippen LogP contribution in [0.1, 0.15) is 29.1 Å². The SMILES string of the molecule is O=C(NC1CC1)c1ccccc1NCc1nc(-c2ccco2)no1. The van der Waals surface area contributed by atoms with Gasteiger partial charge in [-0.05, 0) is 37.1 Å². The minimum absolute atomic E-state index is 0.0672. The quantitative estimate of drug-likeness (QED) is 0.724. The first-order valence-electron chi connectivity index (χ1n) is 7.80. The Morgan fingerprint density at radius 2 is 2.08 bits per heavy atom. The van der Waals surface area contributed by atoms with Gasteiger partial charge in [-0.15, -0.1) is 0 Å². The Kier molecular flexibility index (Phi) is 3.74. The number of rotatable bonds is 6. The molecule has 2 N–H and O–H groups in total. The number of hydrogen-bond acceptors (Lipinski definition) is 6. The molecule has 2 heterocycles. The van der Waals surface area contributed by atoms with E-state index in [0.717, 1.165) is 18.5 Å². The largest absolute Gasteiger partial charge is 0.461 e. The number of para-hydroxylation sites is 1. The van der Waals surface area contributed by atoms with Crippen LogP contribution in [0.2, 0.25) is 0 Å². The molecule has 122 valence electrons. The zero-order valence-corrected chi connectivity index (χ0v) is 12.9. The second-order valence-corrected chi connectivity index (χ2v) is 5.64. The first kappa shape index (κ1) is 14.5. The van der Waals surface area contributed by atoms with E-state index in [1.807, 2.05) is 18.2 Å². The third-order valence-electron chi connectivity index (χ3n) is 3.72. The summed E-state index contributed by atoms with van der Waals surface area (Å²) in [6, 6.07) is 11.2. The van der Waals surface area contributed by atoms with Crippen molar-refractivity contribution in [1.82, 2.24) is 15.5 Å². The number of aromatic nitrogens is 2. The first-order valence-corrected chi connectivity index (χ1v) is 7.80. The maximum atomic E-state index is 12.3. The van der Waals surface area contributed by atoms with E-state index in [9.17, 15) is 4.79 Å². The lowest BCUT2D eigenvalue weighted by molar-refractivity contribution is 0.0952. The molecular formula is C17H16N4O3. The van der Waals surface area contributed by atoms with Crippen molar-refractivity contribution < 1.29 is 13.7 Å². The smallest absolute Gasteiger partial charge is 0.253 e. The Morgan fingerprint density at radius 3 is 2.88 bits per heavy atom. The zero-order valence-electron chi connectivity index (χ0n) is 12.9. The predicted octanol–water partition coefficient (Wildman–Crippen LogP) is 2.83. The summed E-state index contributed by atoms with van der Waals surface area (Å²) in [5, 5.41) is 10.0. The topological polar surface area (TPSA) is 93.2 Å². The third-order valence-corrected chi connectivity index (χ3v) is 3.72. The number of carbonyl (C=O) groups excluding carboxylic acids is 1. The fourth-order valence-corrected chi connectivity index (χ4v) is 2.33. The molecule has 1 saturated carbocycles. The lowest BCUT2D eigenvalue weighted by Crippen LogP contribution is -2.26. The highest BCUT2D eigenvalue weighted by Crippen LogP contribution is 2.22. The van der Waals surface area contributed by atoms with E-state index in [0.29, 0.717) is 35.6 Å². The molecule has 24 heavy (non-hydrogen) atoms. The van der Waals surface area contributed by atoms with Crippen LogP contribution < -0.4 is 10.6 Å². The number of carbonyl (C=O) groups is 1. The van der Waals surface area contributed by atoms with Crippen molar-refractivity contribution in [2.45, 2.75) is 25.4 Å². The molecule has 3 aromatic rings. The summed E-state index contributed by atoms with van der Waals surface area (Å²) in [5.41, 5.74) is 1.34. The Morgan fingerprint density at radius 1 is 1.21 bits per heavy atom. The summed E-state index contributed by atoms with van der Waals surface area (Å²) in [7, 11) is 0. The van der Waals surface area contributed by atoms with Crippen molar-refractivity contribution in [1.29, 1.82) is 0 Å². The second-order valence-electron chi connectivity index (χ2n) is 5.64. The fraction of sp³-hybridized carbons (Fsp3) is 0.235. The summed E-state index contributed by atoms with van der Waals surface area (Å²) in [6.07, 6.45) is 3.66. The van der Waals surface area contributed by atoms with Crippen LogP contribution in [0, 0.1) is 0 Å². The van der Waals surface area contributed by atoms with Gasteiger partial charge in [-0.2, -0.15) is 4.98 Å². The van der Waals surface area contributed by atoms with Gasteiger partial charge >= 0.3 is 0 Å². The molecule has 0 unspecified atom stereocenters. The molecule has 0 aliphatic heterocycles. The van der Waals surface area contributed by atoms with Gasteiger partial charge in [0.1, 0.15) is 0 Å². The minimum atomic E-state index is -0.0672. The van der Waals surface area contributed by atoms with Gasteiger partial charge in [0.25, 0.3) is 5.91 Å². The van der Waals surface area contributed by atoms with Crippen molar-refractivity contribution >= 4 is 11.6 Å². The minimum Gasteiger partial charge on any atom is -0.461 e. The fourth-order valence-electron chi connectivity index (χ4n) is 2.33. The molecule has 0 spiro atoms. The maximum Gasteiger partial charge on any atom is 0.253 e. The van der Waals surface area contributed by atoms with Crippen molar-refractivity contribution in [3.63, 3.8) is 0 Å². The molecule has 1 aromatic carbocycles. The number of amides is 1. The molecule has 7 heteroatoms. The number of furan rings is 1. The van der Waals surface area contributed by atoms with Gasteiger partial charge in [0.05, 0.1) is 18.4 Å². The van der Waals surface area contributed by atoms with Gasteiger partial charge in [-0.25, -0.2) is 0 Å². The highest BCUT2D eigenvalue weighted by atomic mass is 16.5. The molecule has 0 saturated heterocycles. The average Bonchev–Trinajstić information content (AvgIpc) is 3.07. The summed E-state index contributed by atoms with van der Waals surface area (Å²) in [6.45, 7) is 0.321. The monoisotopic (exact) mass is 324 g/mol. The summed E-state index contributed by atoms with van der Waals surface area (Å²) < 4.78 is 10.4. The Hall–Kier alpha value is -3.09. The van der Waals surface area contributed by atoms with E-state index in [4.69, 9.17) is 8.94 Å². The number of nitrogens with zero attached hydrogens (tertiary/aromatic N) is 2. The number of benzene rings is 1. The maximum absolute atomic E-state index is 12.3. The number of anilines is 1. The Balaban J connectivity index is 1.45. The van der Waals surface area contributed by atoms with Crippen LogP contribution in [0.15, 0.2) is 51.6 Å². The van der Waals surface area contributed by atoms with E-state index < -0.39 is 0 Å². The van der Waals surface area contributed by atoms with Crippen molar-refractivity contribution in [3.8, 4) is 11.6 Å². The van der Waals surface area contributed by atoms with E-state index >= 15 is 0 Å². The van der Waals surface area contributed by atoms with Crippen LogP contribution in [-0.2, 0) is 6.54 Å². The highest BCUT2D eigenvalue weighted by molar-refractivity contribution is 5.99. The molecule has 1 fully saturated rings. The van der Waals surface area contributed by atoms with E-state index in [-0.39, 0.29) is 5.91 Å². The summed E-state index contributed by atoms with van der Waals surface area (Å²) in [5.74, 6) is 1.30. The van der Waals surface area contributed by atoms with E-state index in [2.05, 4.69) is 20.8 Å². The van der Waals surface area contributed by atoms with Crippen LogP contribution in [-0.4, -0.2) is 22.1 Å². The van der Waals surface area contributed by atoms with Crippen LogP contribution in [0.3, 0.4) is 0 Å². The van der Waals surface area contributed by atoms with Gasteiger partial charge in [0.15, 0.2) is 5.76 Å². The molecule has 0 bridgehead atoms. The average molecular weight is 324 g/mol. The molecule has 1 aliphatic carbocycles. The summed E-state index contributed by atoms with van der Waals surface area (Å²) >= 11 is 0. The van der Waals surface area contributed by atoms with Gasteiger partial charge in [0.2, 0.25) is 11.7 Å². The van der Waals surface area contributed by atoms with Gasteiger partial charge in [0, 0.05) is 11.7 Å². The normalized spacial score (nSPS) is 13.7. The Bertz CT molecular complexity index is 837. The van der Waals surface area contributed by atoms with Crippen molar-refractivity contribution in [2.75, 3.05) is 5.32 Å². The standard InChI is InChI=1S/C17H16N4O3/c22-17(19-11-7-8-11)12-4-1-2-5-13(12)18-10-15-20-16(21-24-15)14-6-3-9-23-14/h1-6,9,11,18H,7-8,10H2,(H,19,22). The van der Waals surface area contributed by atoms with Crippen LogP contribution in [0.25, 0.3) is 11.6 Å². The van der Waals surface area contributed by atoms with Gasteiger partial charge < -0.3 is 19.6 Å². The lowest BCUT2D eigenvalue weighted by atomic mass is 10.1. The molecule has 1 aliphatic rings. The molecule has 4 rings (SSSR count). The Labute approximate surface area is 138 Å². The molecule has 0 radical (unpaired) electrons. The lowest BCUT2D eigenvalue weighted by Gasteiger charge is -2.10. The number of nitrogens with one attached hydrogen (secondary N) is 2. The van der Waals surface area contributed by atoms with E-state index in [1.54, 1.807) is 24.5 Å². The molecule has 0 atom stereocenters. The molecule has 2 aromatic heterocycles. The molecular weight excluding hydrogens is 308 g/mol. The molecule has 7 nitrogen and oxygen atoms in total. The van der Waals surface area contributed by atoms with Gasteiger partial charge in [-0.1, -0.05) is 17.3 Å². The van der Waals surface area contributed by atoms with Crippen molar-refractivity contribution in [2.24, 2.45) is 0 Å².